The van der Waals surface area contributed by atoms with Crippen LogP contribution in [0.1, 0.15) is 43.3 Å². The van der Waals surface area contributed by atoms with Crippen molar-refractivity contribution in [3.63, 3.8) is 0 Å². The van der Waals surface area contributed by atoms with E-state index in [1.54, 1.807) is 20.9 Å². The van der Waals surface area contributed by atoms with E-state index in [2.05, 4.69) is 45.6 Å². The lowest BCUT2D eigenvalue weighted by Crippen LogP contribution is -2.31. The maximum absolute atomic E-state index is 12.9. The number of para-hydroxylation sites is 1. The Labute approximate surface area is 195 Å². The predicted molar refractivity (Wildman–Crippen MR) is 129 cm³/mol. The van der Waals surface area contributed by atoms with Gasteiger partial charge in [-0.2, -0.15) is 4.68 Å². The number of aromatic nitrogens is 5. The molecule has 0 aliphatic rings. The van der Waals surface area contributed by atoms with Crippen molar-refractivity contribution in [2.24, 2.45) is 0 Å². The zero-order valence-corrected chi connectivity index (χ0v) is 20.1. The number of hydrogen-bond acceptors (Lipinski definition) is 7. The van der Waals surface area contributed by atoms with Crippen molar-refractivity contribution in [2.75, 3.05) is 12.8 Å². The molecular weight excluding hydrogens is 440 g/mol. The van der Waals surface area contributed by atoms with E-state index in [0.29, 0.717) is 5.16 Å². The highest BCUT2D eigenvalue weighted by Gasteiger charge is 2.22. The number of amides is 1. The number of rotatable bonds is 9. The van der Waals surface area contributed by atoms with Gasteiger partial charge in [-0.15, -0.1) is 16.4 Å². The van der Waals surface area contributed by atoms with Crippen LogP contribution in [0, 0.1) is 0 Å². The lowest BCUT2D eigenvalue weighted by atomic mass is 10.1. The molecule has 0 aliphatic carbocycles. The third kappa shape index (κ3) is 4.99. The van der Waals surface area contributed by atoms with Crippen LogP contribution in [-0.4, -0.2) is 48.8 Å². The quantitative estimate of drug-likeness (QED) is 0.326. The topological polar surface area (TPSA) is 76.8 Å². The zero-order chi connectivity index (χ0) is 22.5. The van der Waals surface area contributed by atoms with E-state index in [0.717, 1.165) is 27.3 Å². The van der Waals surface area contributed by atoms with Crippen LogP contribution in [-0.2, 0) is 11.2 Å². The summed E-state index contributed by atoms with van der Waals surface area (Å²) < 4.78 is 2.81. The van der Waals surface area contributed by atoms with Gasteiger partial charge < -0.3 is 4.90 Å². The van der Waals surface area contributed by atoms with Crippen LogP contribution < -0.4 is 0 Å². The molecule has 2 aromatic carbocycles. The molecule has 0 saturated carbocycles. The standard InChI is InChI=1S/C23H26N6OS2/c1-4-5-8-17-11-13-18(14-12-17)29-23(25-26-27-29)31-15-21(30)28(3)16(2)22-24-19-9-6-7-10-20(19)32-22/h6-7,9-14,16H,4-5,8,15H2,1-3H3/t16-/m0/s1. The van der Waals surface area contributed by atoms with E-state index < -0.39 is 0 Å². The Balaban J connectivity index is 1.39. The number of fused-ring (bicyclic) bond motifs is 1. The molecule has 4 aromatic rings. The van der Waals surface area contributed by atoms with Gasteiger partial charge in [0.1, 0.15) is 5.01 Å². The van der Waals surface area contributed by atoms with Crippen molar-refractivity contribution in [3.8, 4) is 5.69 Å². The minimum atomic E-state index is -0.104. The highest BCUT2D eigenvalue weighted by atomic mass is 32.2. The molecule has 166 valence electrons. The van der Waals surface area contributed by atoms with Crippen molar-refractivity contribution in [1.29, 1.82) is 0 Å². The molecule has 7 nitrogen and oxygen atoms in total. The van der Waals surface area contributed by atoms with Crippen molar-refractivity contribution in [3.05, 3.63) is 59.1 Å². The van der Waals surface area contributed by atoms with E-state index in [9.17, 15) is 4.79 Å². The molecule has 1 atom stereocenters. The molecule has 0 saturated heterocycles. The van der Waals surface area contributed by atoms with Crippen LogP contribution in [0.5, 0.6) is 0 Å². The van der Waals surface area contributed by atoms with Gasteiger partial charge in [-0.1, -0.05) is 49.4 Å². The second kappa shape index (κ2) is 10.2. The predicted octanol–water partition coefficient (Wildman–Crippen LogP) is 4.93. The number of thiazole rings is 1. The van der Waals surface area contributed by atoms with Gasteiger partial charge in [0.2, 0.25) is 11.1 Å². The van der Waals surface area contributed by atoms with E-state index in [4.69, 9.17) is 0 Å². The molecule has 0 bridgehead atoms. The van der Waals surface area contributed by atoms with Crippen LogP contribution >= 0.6 is 23.1 Å². The number of unbranched alkanes of at least 4 members (excludes halogenated alkanes) is 1. The van der Waals surface area contributed by atoms with Crippen LogP contribution in [0.4, 0.5) is 0 Å². The summed E-state index contributed by atoms with van der Waals surface area (Å²) in [7, 11) is 1.82. The van der Waals surface area contributed by atoms with Gasteiger partial charge in [-0.05, 0) is 60.0 Å². The number of carbonyl (C=O) groups excluding carboxylic acids is 1. The second-order valence-electron chi connectivity index (χ2n) is 7.63. The number of carbonyl (C=O) groups is 1. The summed E-state index contributed by atoms with van der Waals surface area (Å²) in [5, 5.41) is 13.6. The number of benzene rings is 2. The average molecular weight is 467 g/mol. The van der Waals surface area contributed by atoms with Crippen LogP contribution in [0.15, 0.2) is 53.7 Å². The van der Waals surface area contributed by atoms with E-state index >= 15 is 0 Å². The van der Waals surface area contributed by atoms with Crippen molar-refractivity contribution in [2.45, 2.75) is 44.3 Å². The van der Waals surface area contributed by atoms with Crippen LogP contribution in [0.2, 0.25) is 0 Å². The summed E-state index contributed by atoms with van der Waals surface area (Å²) in [4.78, 5) is 19.3. The highest BCUT2D eigenvalue weighted by Crippen LogP contribution is 2.29. The fourth-order valence-corrected chi connectivity index (χ4v) is 5.17. The highest BCUT2D eigenvalue weighted by molar-refractivity contribution is 7.99. The maximum Gasteiger partial charge on any atom is 0.233 e. The first-order valence-corrected chi connectivity index (χ1v) is 12.5. The summed E-state index contributed by atoms with van der Waals surface area (Å²) in [6.45, 7) is 4.20. The summed E-state index contributed by atoms with van der Waals surface area (Å²) >= 11 is 2.96. The van der Waals surface area contributed by atoms with Gasteiger partial charge in [0.25, 0.3) is 0 Å². The first kappa shape index (κ1) is 22.4. The lowest BCUT2D eigenvalue weighted by molar-refractivity contribution is -0.128. The minimum Gasteiger partial charge on any atom is -0.336 e. The first-order chi connectivity index (χ1) is 15.6. The molecule has 0 spiro atoms. The van der Waals surface area contributed by atoms with E-state index in [1.807, 2.05) is 44.3 Å². The first-order valence-electron chi connectivity index (χ1n) is 10.7. The van der Waals surface area contributed by atoms with Gasteiger partial charge in [0, 0.05) is 7.05 Å². The molecule has 4 rings (SSSR count). The third-order valence-corrected chi connectivity index (χ3v) is 7.52. The average Bonchev–Trinajstić information content (AvgIpc) is 3.47. The Kier molecular flexibility index (Phi) is 7.16. The molecule has 0 N–H and O–H groups in total. The van der Waals surface area contributed by atoms with Crippen molar-refractivity contribution in [1.82, 2.24) is 30.1 Å². The molecular formula is C23H26N6OS2. The van der Waals surface area contributed by atoms with Crippen molar-refractivity contribution < 1.29 is 4.79 Å². The second-order valence-corrected chi connectivity index (χ2v) is 9.64. The number of tetrazole rings is 1. The summed E-state index contributed by atoms with van der Waals surface area (Å²) in [6, 6.07) is 16.2. The molecule has 0 aliphatic heterocycles. The van der Waals surface area contributed by atoms with Gasteiger partial charge in [-0.3, -0.25) is 4.79 Å². The molecule has 2 heterocycles. The van der Waals surface area contributed by atoms with Gasteiger partial charge in [-0.25, -0.2) is 4.98 Å². The fourth-order valence-electron chi connectivity index (χ4n) is 3.29. The van der Waals surface area contributed by atoms with Gasteiger partial charge >= 0.3 is 0 Å². The van der Waals surface area contributed by atoms with Gasteiger partial charge in [0.05, 0.1) is 27.7 Å². The van der Waals surface area contributed by atoms with Crippen LogP contribution in [0.25, 0.3) is 15.9 Å². The monoisotopic (exact) mass is 466 g/mol. The summed E-state index contributed by atoms with van der Waals surface area (Å²) in [5.41, 5.74) is 3.16. The molecule has 1 amide bonds. The maximum atomic E-state index is 12.9. The van der Waals surface area contributed by atoms with E-state index in [1.165, 1.54) is 30.2 Å². The van der Waals surface area contributed by atoms with Crippen molar-refractivity contribution >= 4 is 39.2 Å². The van der Waals surface area contributed by atoms with E-state index in [-0.39, 0.29) is 17.7 Å². The molecule has 2 aromatic heterocycles. The van der Waals surface area contributed by atoms with Crippen LogP contribution in [0.3, 0.4) is 0 Å². The zero-order valence-electron chi connectivity index (χ0n) is 18.4. The number of hydrogen-bond donors (Lipinski definition) is 0. The largest absolute Gasteiger partial charge is 0.336 e. The summed E-state index contributed by atoms with van der Waals surface area (Å²) in [5.74, 6) is 0.256. The summed E-state index contributed by atoms with van der Waals surface area (Å²) in [6.07, 6.45) is 3.42. The molecule has 32 heavy (non-hydrogen) atoms. The minimum absolute atomic E-state index is 0.00576. The normalized spacial score (nSPS) is 12.2. The molecule has 0 unspecified atom stereocenters. The number of nitrogens with zero attached hydrogens (tertiary/aromatic N) is 6. The molecule has 9 heteroatoms. The number of aryl methyl sites for hydroxylation is 1. The number of thioether (sulfide) groups is 1. The Morgan fingerprint density at radius 2 is 1.97 bits per heavy atom. The Hall–Kier alpha value is -2.78. The molecule has 0 radical (unpaired) electrons. The smallest absolute Gasteiger partial charge is 0.233 e. The Morgan fingerprint density at radius 1 is 1.19 bits per heavy atom. The third-order valence-electron chi connectivity index (χ3n) is 5.41. The Morgan fingerprint density at radius 3 is 2.72 bits per heavy atom. The SMILES string of the molecule is CCCCc1ccc(-n2nnnc2SCC(=O)N(C)[C@@H](C)c2nc3ccccc3s2)cc1. The Bertz CT molecular complexity index is 1150. The molecule has 0 fully saturated rings. The fraction of sp³-hybridized carbons (Fsp3) is 0.348. The lowest BCUT2D eigenvalue weighted by Gasteiger charge is -2.23. The van der Waals surface area contributed by atoms with Gasteiger partial charge in [0.15, 0.2) is 0 Å².